The number of nitrogens with one attached hydrogen (secondary N) is 2. The molecule has 0 unspecified atom stereocenters. The van der Waals surface area contributed by atoms with E-state index < -0.39 is 5.91 Å². The molecule has 0 saturated carbocycles. The number of amides is 1. The molecule has 1 aliphatic heterocycles. The molecule has 0 bridgehead atoms. The second-order valence-electron chi connectivity index (χ2n) is 7.75. The topological polar surface area (TPSA) is 77.5 Å². The number of carbonyl (C=O) groups is 1. The Morgan fingerprint density at radius 3 is 2.66 bits per heavy atom. The van der Waals surface area contributed by atoms with Gasteiger partial charge in [0.2, 0.25) is 0 Å². The minimum Gasteiger partial charge on any atom is -0.371 e. The van der Waals surface area contributed by atoms with Gasteiger partial charge in [-0.3, -0.25) is 15.0 Å². The fourth-order valence-electron chi connectivity index (χ4n) is 3.57. The molecule has 0 radical (unpaired) electrons. The number of rotatable bonds is 7. The van der Waals surface area contributed by atoms with Gasteiger partial charge in [-0.25, -0.2) is 5.48 Å². The number of hydrogen-bond acceptors (Lipinski definition) is 5. The number of pyridine rings is 1. The van der Waals surface area contributed by atoms with Crippen molar-refractivity contribution < 1.29 is 10.0 Å². The Kier molecular flexibility index (Phi) is 7.38. The molecule has 154 valence electrons. The van der Waals surface area contributed by atoms with Gasteiger partial charge in [0.1, 0.15) is 0 Å². The minimum atomic E-state index is -0.530. The summed E-state index contributed by atoms with van der Waals surface area (Å²) in [5, 5.41) is 12.3. The number of hydroxylamine groups is 1. The van der Waals surface area contributed by atoms with Crippen molar-refractivity contribution in [1.29, 1.82) is 0 Å². The van der Waals surface area contributed by atoms with E-state index >= 15 is 0 Å². The van der Waals surface area contributed by atoms with Gasteiger partial charge < -0.3 is 10.2 Å². The maximum absolute atomic E-state index is 11.3. The Labute approximate surface area is 172 Å². The predicted molar refractivity (Wildman–Crippen MR) is 116 cm³/mol. The van der Waals surface area contributed by atoms with Crippen molar-refractivity contribution in [1.82, 2.24) is 15.8 Å². The Morgan fingerprint density at radius 2 is 2.00 bits per heavy atom. The number of carbonyl (C=O) groups excluding carboxylic acids is 1. The molecule has 1 aliphatic rings. The van der Waals surface area contributed by atoms with Crippen molar-refractivity contribution in [2.45, 2.75) is 45.2 Å². The zero-order valence-corrected chi connectivity index (χ0v) is 17.1. The highest BCUT2D eigenvalue weighted by molar-refractivity contribution is 5.91. The highest BCUT2D eigenvalue weighted by Gasteiger charge is 2.20. The molecule has 2 aromatic rings. The molecular weight excluding hydrogens is 364 g/mol. The predicted octanol–water partition coefficient (Wildman–Crippen LogP) is 3.48. The Hall–Kier alpha value is -2.70. The van der Waals surface area contributed by atoms with Crippen LogP contribution in [-0.4, -0.2) is 35.2 Å². The van der Waals surface area contributed by atoms with Gasteiger partial charge in [-0.2, -0.15) is 0 Å². The first-order valence-corrected chi connectivity index (χ1v) is 10.2. The fraction of sp³-hybridized carbons (Fsp3) is 0.391. The van der Waals surface area contributed by atoms with Gasteiger partial charge in [0.15, 0.2) is 0 Å². The first kappa shape index (κ1) is 21.0. The highest BCUT2D eigenvalue weighted by atomic mass is 16.5. The lowest BCUT2D eigenvalue weighted by molar-refractivity contribution is -0.124. The van der Waals surface area contributed by atoms with Crippen LogP contribution in [-0.2, 0) is 11.3 Å². The largest absolute Gasteiger partial charge is 0.371 e. The lowest BCUT2D eigenvalue weighted by Gasteiger charge is -2.35. The average molecular weight is 395 g/mol. The molecule has 1 saturated heterocycles. The normalized spacial score (nSPS) is 15.2. The summed E-state index contributed by atoms with van der Waals surface area (Å²) < 4.78 is 0. The number of piperidine rings is 1. The molecule has 6 heteroatoms. The third kappa shape index (κ3) is 5.89. The van der Waals surface area contributed by atoms with E-state index in [0.29, 0.717) is 12.0 Å². The zero-order valence-electron chi connectivity index (χ0n) is 17.1. The lowest BCUT2D eigenvalue weighted by atomic mass is 10.0. The van der Waals surface area contributed by atoms with Crippen molar-refractivity contribution in [3.8, 4) is 0 Å². The number of para-hydroxylation sites is 1. The van der Waals surface area contributed by atoms with Gasteiger partial charge in [-0.15, -0.1) is 0 Å². The maximum atomic E-state index is 11.3. The first-order chi connectivity index (χ1) is 14.1. The van der Waals surface area contributed by atoms with E-state index in [4.69, 9.17) is 5.21 Å². The molecular formula is C23H30N4O2. The first-order valence-electron chi connectivity index (χ1n) is 10.2. The van der Waals surface area contributed by atoms with E-state index in [1.54, 1.807) is 11.6 Å². The zero-order chi connectivity index (χ0) is 20.6. The molecule has 1 amide bonds. The molecule has 0 spiro atoms. The number of aromatic nitrogens is 1. The molecule has 2 heterocycles. The molecule has 1 fully saturated rings. The second kappa shape index (κ2) is 10.2. The van der Waals surface area contributed by atoms with Crippen LogP contribution in [0, 0.1) is 0 Å². The molecule has 6 nitrogen and oxygen atoms in total. The van der Waals surface area contributed by atoms with Gasteiger partial charge in [-0.05, 0) is 48.1 Å². The summed E-state index contributed by atoms with van der Waals surface area (Å²) in [5.74, 6) is -0.0256. The van der Waals surface area contributed by atoms with Crippen molar-refractivity contribution in [3.05, 3.63) is 65.5 Å². The molecule has 1 aromatic carbocycles. The third-order valence-corrected chi connectivity index (χ3v) is 5.38. The highest BCUT2D eigenvalue weighted by Crippen LogP contribution is 2.25. The number of hydrogen-bond donors (Lipinski definition) is 3. The summed E-state index contributed by atoms with van der Waals surface area (Å²) in [6.07, 6.45) is 7.16. The van der Waals surface area contributed by atoms with E-state index in [1.807, 2.05) is 24.4 Å². The van der Waals surface area contributed by atoms with Crippen molar-refractivity contribution >= 4 is 17.7 Å². The maximum Gasteiger partial charge on any atom is 0.267 e. The van der Waals surface area contributed by atoms with Crippen molar-refractivity contribution in [3.63, 3.8) is 0 Å². The lowest BCUT2D eigenvalue weighted by Crippen LogP contribution is -2.42. The van der Waals surface area contributed by atoms with E-state index in [9.17, 15) is 4.79 Å². The van der Waals surface area contributed by atoms with Crippen LogP contribution in [0.5, 0.6) is 0 Å². The molecule has 29 heavy (non-hydrogen) atoms. The van der Waals surface area contributed by atoms with Crippen LogP contribution in [0.2, 0.25) is 0 Å². The Bertz CT molecular complexity index is 825. The van der Waals surface area contributed by atoms with Gasteiger partial charge in [0.25, 0.3) is 5.91 Å². The average Bonchev–Trinajstić information content (AvgIpc) is 2.77. The van der Waals surface area contributed by atoms with Crippen LogP contribution in [0.1, 0.15) is 49.4 Å². The van der Waals surface area contributed by atoms with Gasteiger partial charge >= 0.3 is 0 Å². The van der Waals surface area contributed by atoms with Gasteiger partial charge in [-0.1, -0.05) is 38.1 Å². The molecule has 1 aromatic heterocycles. The number of nitrogens with zero attached hydrogens (tertiary/aromatic N) is 2. The molecule has 0 aliphatic carbocycles. The van der Waals surface area contributed by atoms with Crippen LogP contribution in [0.25, 0.3) is 6.08 Å². The molecule has 3 N–H and O–H groups in total. The van der Waals surface area contributed by atoms with Crippen LogP contribution < -0.4 is 15.7 Å². The van der Waals surface area contributed by atoms with Crippen LogP contribution in [0.15, 0.2) is 48.7 Å². The molecule has 3 rings (SSSR count). The van der Waals surface area contributed by atoms with E-state index in [2.05, 4.69) is 47.2 Å². The SMILES string of the molecule is CC(C)c1ccc(CNC2CCN(c3ccccc3C=CC(=O)NO)CC2)nc1. The Morgan fingerprint density at radius 1 is 1.24 bits per heavy atom. The van der Waals surface area contributed by atoms with Crippen LogP contribution >= 0.6 is 0 Å². The second-order valence-corrected chi connectivity index (χ2v) is 7.75. The summed E-state index contributed by atoms with van der Waals surface area (Å²) in [4.78, 5) is 18.2. The fourth-order valence-corrected chi connectivity index (χ4v) is 3.57. The number of anilines is 1. The van der Waals surface area contributed by atoms with E-state index in [0.717, 1.165) is 49.4 Å². The van der Waals surface area contributed by atoms with E-state index in [-0.39, 0.29) is 0 Å². The summed E-state index contributed by atoms with van der Waals surface area (Å²) in [5.41, 5.74) is 6.05. The summed E-state index contributed by atoms with van der Waals surface area (Å²) in [6.45, 7) is 7.05. The monoisotopic (exact) mass is 394 g/mol. The van der Waals surface area contributed by atoms with Crippen LogP contribution in [0.3, 0.4) is 0 Å². The summed E-state index contributed by atoms with van der Waals surface area (Å²) in [6, 6.07) is 12.8. The smallest absolute Gasteiger partial charge is 0.267 e. The van der Waals surface area contributed by atoms with E-state index in [1.165, 1.54) is 11.6 Å². The Balaban J connectivity index is 1.53. The standard InChI is InChI=1S/C23H30N4O2/c1-17(2)19-7-9-21(24-15-19)16-25-20-11-13-27(14-12-20)22-6-4-3-5-18(22)8-10-23(28)26-29/h3-10,15,17,20,25,29H,11-14,16H2,1-2H3,(H,26,28). The molecule has 0 atom stereocenters. The minimum absolute atomic E-state index is 0.473. The van der Waals surface area contributed by atoms with Gasteiger partial charge in [0.05, 0.1) is 5.69 Å². The quantitative estimate of drug-likeness (QED) is 0.381. The summed E-state index contributed by atoms with van der Waals surface area (Å²) >= 11 is 0. The number of benzene rings is 1. The van der Waals surface area contributed by atoms with Crippen LogP contribution in [0.4, 0.5) is 5.69 Å². The summed E-state index contributed by atoms with van der Waals surface area (Å²) in [7, 11) is 0. The van der Waals surface area contributed by atoms with Crippen molar-refractivity contribution in [2.24, 2.45) is 0 Å². The third-order valence-electron chi connectivity index (χ3n) is 5.38. The van der Waals surface area contributed by atoms with Crippen molar-refractivity contribution in [2.75, 3.05) is 18.0 Å². The van der Waals surface area contributed by atoms with Gasteiger partial charge in [0, 0.05) is 43.6 Å².